The number of aromatic hydroxyl groups is 1. The predicted molar refractivity (Wildman–Crippen MR) is 136 cm³/mol. The fraction of sp³-hybridized carbons (Fsp3) is 0.0800. The molecular weight excluding hydrogens is 518 g/mol. The van der Waals surface area contributed by atoms with Crippen LogP contribution in [-0.2, 0) is 6.54 Å². The molecule has 0 spiro atoms. The molecule has 1 aliphatic rings. The molecule has 0 amide bonds. The van der Waals surface area contributed by atoms with E-state index in [1.165, 1.54) is 15.9 Å². The molecule has 3 aromatic carbocycles. The van der Waals surface area contributed by atoms with Gasteiger partial charge < -0.3 is 14.6 Å². The Morgan fingerprint density at radius 2 is 1.91 bits per heavy atom. The molecular formula is C25H16BrN3O4S. The lowest BCUT2D eigenvalue weighted by atomic mass is 10.1. The zero-order chi connectivity index (χ0) is 23.2. The molecule has 6 rings (SSSR count). The molecule has 3 heterocycles. The molecule has 9 heteroatoms. The van der Waals surface area contributed by atoms with Crippen molar-refractivity contribution >= 4 is 59.6 Å². The first kappa shape index (κ1) is 20.9. The number of pyridine rings is 1. The minimum absolute atomic E-state index is 0.158. The average Bonchev–Trinajstić information content (AvgIpc) is 3.47. The van der Waals surface area contributed by atoms with Crippen molar-refractivity contribution in [3.63, 3.8) is 0 Å². The largest absolute Gasteiger partial charge is 0.494 e. The first-order valence-electron chi connectivity index (χ1n) is 10.4. The summed E-state index contributed by atoms with van der Waals surface area (Å²) in [7, 11) is 0. The summed E-state index contributed by atoms with van der Waals surface area (Å²) < 4.78 is 14.1. The Morgan fingerprint density at radius 1 is 1.09 bits per heavy atom. The fourth-order valence-electron chi connectivity index (χ4n) is 3.97. The summed E-state index contributed by atoms with van der Waals surface area (Å²) in [5.41, 5.74) is 1.82. The van der Waals surface area contributed by atoms with Crippen LogP contribution >= 0.6 is 27.3 Å². The van der Waals surface area contributed by atoms with Gasteiger partial charge in [0.2, 0.25) is 17.8 Å². The van der Waals surface area contributed by atoms with Crippen molar-refractivity contribution in [3.05, 3.63) is 86.6 Å². The van der Waals surface area contributed by atoms with Crippen LogP contribution in [0.2, 0.25) is 0 Å². The number of thiazole rings is 1. The molecule has 0 radical (unpaired) electrons. The molecule has 0 fully saturated rings. The van der Waals surface area contributed by atoms with Gasteiger partial charge in [-0.2, -0.15) is 0 Å². The summed E-state index contributed by atoms with van der Waals surface area (Å²) in [6.45, 7) is 0.339. The standard InChI is InChI=1S/C25H16BrN3O4S/c26-15-6-7-19-22(10-15)34-25(28-19)27-11-18-16-3-1-2-4-17(16)23(30)29(24(18)31)12-14-5-8-20-21(9-14)33-13-32-20/h1-11,31H,12-13H2/b27-11+. The highest BCUT2D eigenvalue weighted by atomic mass is 79.9. The van der Waals surface area contributed by atoms with E-state index in [1.807, 2.05) is 36.4 Å². The first-order chi connectivity index (χ1) is 16.6. The summed E-state index contributed by atoms with van der Waals surface area (Å²) in [5, 5.41) is 12.9. The summed E-state index contributed by atoms with van der Waals surface area (Å²) in [5.74, 6) is 1.12. The van der Waals surface area contributed by atoms with E-state index in [0.29, 0.717) is 33.0 Å². The monoisotopic (exact) mass is 533 g/mol. The highest BCUT2D eigenvalue weighted by molar-refractivity contribution is 9.10. The first-order valence-corrected chi connectivity index (χ1v) is 12.0. The number of hydrogen-bond donors (Lipinski definition) is 1. The van der Waals surface area contributed by atoms with Gasteiger partial charge in [-0.1, -0.05) is 51.5 Å². The molecule has 0 unspecified atom stereocenters. The SMILES string of the molecule is O=c1c2ccccc2c(/C=N/c2nc3ccc(Br)cc3s2)c(O)n1Cc1ccc2c(c1)OCO2. The van der Waals surface area contributed by atoms with Gasteiger partial charge in [0.15, 0.2) is 11.5 Å². The minimum atomic E-state index is -0.284. The van der Waals surface area contributed by atoms with Crippen molar-refractivity contribution in [2.75, 3.05) is 6.79 Å². The molecule has 168 valence electrons. The molecule has 0 saturated heterocycles. The zero-order valence-electron chi connectivity index (χ0n) is 17.6. The Morgan fingerprint density at radius 3 is 2.79 bits per heavy atom. The number of halogens is 1. The summed E-state index contributed by atoms with van der Waals surface area (Å²) in [4.78, 5) is 22.3. The van der Waals surface area contributed by atoms with Crippen molar-refractivity contribution < 1.29 is 14.6 Å². The maximum atomic E-state index is 13.3. The van der Waals surface area contributed by atoms with Gasteiger partial charge in [-0.3, -0.25) is 9.36 Å². The summed E-state index contributed by atoms with van der Waals surface area (Å²) in [6.07, 6.45) is 1.57. The third kappa shape index (κ3) is 3.63. The maximum Gasteiger partial charge on any atom is 0.261 e. The lowest BCUT2D eigenvalue weighted by Crippen LogP contribution is -2.22. The van der Waals surface area contributed by atoms with Gasteiger partial charge in [0.1, 0.15) is 0 Å². The molecule has 1 aliphatic heterocycles. The molecule has 34 heavy (non-hydrogen) atoms. The van der Waals surface area contributed by atoms with Crippen molar-refractivity contribution in [1.29, 1.82) is 0 Å². The van der Waals surface area contributed by atoms with Crippen LogP contribution in [0.5, 0.6) is 17.4 Å². The van der Waals surface area contributed by atoms with E-state index >= 15 is 0 Å². The van der Waals surface area contributed by atoms with Crippen LogP contribution in [0.1, 0.15) is 11.1 Å². The number of nitrogens with zero attached hydrogens (tertiary/aromatic N) is 3. The minimum Gasteiger partial charge on any atom is -0.494 e. The van der Waals surface area contributed by atoms with Gasteiger partial charge in [-0.05, 0) is 42.0 Å². The number of rotatable bonds is 4. The second-order valence-corrected chi connectivity index (χ2v) is 9.65. The van der Waals surface area contributed by atoms with E-state index in [0.717, 1.165) is 20.3 Å². The zero-order valence-corrected chi connectivity index (χ0v) is 20.0. The number of hydrogen-bond acceptors (Lipinski definition) is 7. The molecule has 0 saturated carbocycles. The normalized spacial score (nSPS) is 12.9. The van der Waals surface area contributed by atoms with Crippen LogP contribution < -0.4 is 15.0 Å². The lowest BCUT2D eigenvalue weighted by Gasteiger charge is -2.14. The average molecular weight is 534 g/mol. The number of benzene rings is 3. The Labute approximate surface area is 205 Å². The van der Waals surface area contributed by atoms with Crippen LogP contribution in [-0.4, -0.2) is 27.7 Å². The van der Waals surface area contributed by atoms with Gasteiger partial charge in [0.25, 0.3) is 5.56 Å². The molecule has 1 N–H and O–H groups in total. The van der Waals surface area contributed by atoms with Crippen LogP contribution in [0.4, 0.5) is 5.13 Å². The van der Waals surface area contributed by atoms with Crippen molar-refractivity contribution in [2.45, 2.75) is 6.54 Å². The summed E-state index contributed by atoms with van der Waals surface area (Å²) >= 11 is 4.92. The third-order valence-corrected chi connectivity index (χ3v) is 7.03. The van der Waals surface area contributed by atoms with Crippen LogP contribution in [0.25, 0.3) is 21.0 Å². The van der Waals surface area contributed by atoms with Crippen LogP contribution in [0, 0.1) is 0 Å². The van der Waals surface area contributed by atoms with Crippen LogP contribution in [0.3, 0.4) is 0 Å². The van der Waals surface area contributed by atoms with E-state index in [4.69, 9.17) is 9.47 Å². The number of fused-ring (bicyclic) bond motifs is 3. The van der Waals surface area contributed by atoms with Gasteiger partial charge in [0.05, 0.1) is 22.3 Å². The fourth-order valence-corrected chi connectivity index (χ4v) is 5.33. The molecule has 7 nitrogen and oxygen atoms in total. The van der Waals surface area contributed by atoms with E-state index in [-0.39, 0.29) is 24.8 Å². The van der Waals surface area contributed by atoms with E-state index in [9.17, 15) is 9.90 Å². The van der Waals surface area contributed by atoms with Crippen LogP contribution in [0.15, 0.2) is 74.9 Å². The molecule has 0 aliphatic carbocycles. The van der Waals surface area contributed by atoms with Gasteiger partial charge in [-0.15, -0.1) is 0 Å². The van der Waals surface area contributed by atoms with Crippen molar-refractivity contribution in [3.8, 4) is 17.4 Å². The number of aromatic nitrogens is 2. The van der Waals surface area contributed by atoms with Crippen molar-refractivity contribution in [1.82, 2.24) is 9.55 Å². The Bertz CT molecular complexity index is 1670. The second-order valence-electron chi connectivity index (χ2n) is 7.73. The Balaban J connectivity index is 1.45. The predicted octanol–water partition coefficient (Wildman–Crippen LogP) is 5.61. The smallest absolute Gasteiger partial charge is 0.261 e. The lowest BCUT2D eigenvalue weighted by molar-refractivity contribution is 0.174. The molecule has 2 aromatic heterocycles. The van der Waals surface area contributed by atoms with Crippen molar-refractivity contribution in [2.24, 2.45) is 4.99 Å². The Hall–Kier alpha value is -3.69. The van der Waals surface area contributed by atoms with E-state index in [1.54, 1.807) is 30.5 Å². The third-order valence-electron chi connectivity index (χ3n) is 5.61. The van der Waals surface area contributed by atoms with E-state index < -0.39 is 0 Å². The number of aliphatic imine (C=N–C) groups is 1. The van der Waals surface area contributed by atoms with E-state index in [2.05, 4.69) is 25.9 Å². The second kappa shape index (κ2) is 8.27. The topological polar surface area (TPSA) is 85.9 Å². The quantitative estimate of drug-likeness (QED) is 0.303. The maximum absolute atomic E-state index is 13.3. The highest BCUT2D eigenvalue weighted by Gasteiger charge is 2.18. The molecule has 0 bridgehead atoms. The van der Waals surface area contributed by atoms with Gasteiger partial charge in [-0.25, -0.2) is 9.98 Å². The highest BCUT2D eigenvalue weighted by Crippen LogP contribution is 2.34. The van der Waals surface area contributed by atoms with Gasteiger partial charge in [0, 0.05) is 21.5 Å². The summed E-state index contributed by atoms with van der Waals surface area (Å²) in [6, 6.07) is 18.5. The Kier molecular flexibility index (Phi) is 5.08. The van der Waals surface area contributed by atoms with Gasteiger partial charge >= 0.3 is 0 Å². The molecule has 5 aromatic rings. The number of ether oxygens (including phenoxy) is 2. The molecule has 0 atom stereocenters.